The summed E-state index contributed by atoms with van der Waals surface area (Å²) in [4.78, 5) is 26.8. The molecule has 7 nitrogen and oxygen atoms in total. The second-order valence-electron chi connectivity index (χ2n) is 10.7. The number of methoxy groups -OCH3 is 1. The van der Waals surface area contributed by atoms with Gasteiger partial charge in [-0.3, -0.25) is 4.79 Å². The van der Waals surface area contributed by atoms with Crippen molar-refractivity contribution < 1.29 is 23.8 Å². The fraction of sp³-hybridized carbons (Fsp3) is 0.111. The Bertz CT molecular complexity index is 1950. The van der Waals surface area contributed by atoms with Gasteiger partial charge in [0, 0.05) is 22.5 Å². The molecular weight excluding hydrogens is 540 g/mol. The van der Waals surface area contributed by atoms with Crippen LogP contribution in [0.15, 0.2) is 103 Å². The zero-order valence-electron chi connectivity index (χ0n) is 23.9. The van der Waals surface area contributed by atoms with Gasteiger partial charge in [-0.05, 0) is 74.0 Å². The van der Waals surface area contributed by atoms with Crippen LogP contribution in [0, 0.1) is 13.8 Å². The maximum absolute atomic E-state index is 13.5. The second-order valence-corrected chi connectivity index (χ2v) is 10.7. The molecule has 1 spiro atoms. The lowest BCUT2D eigenvalue weighted by Crippen LogP contribution is -2.34. The van der Waals surface area contributed by atoms with Crippen LogP contribution in [0.4, 0.5) is 17.1 Å². The maximum Gasteiger partial charge on any atom is 0.340 e. The summed E-state index contributed by atoms with van der Waals surface area (Å²) < 4.78 is 18.3. The minimum Gasteiger partial charge on any atom is -0.496 e. The number of carbonyl (C=O) groups excluding carboxylic acids is 2. The molecule has 0 saturated carbocycles. The molecule has 2 aliphatic rings. The van der Waals surface area contributed by atoms with Crippen molar-refractivity contribution in [1.82, 2.24) is 0 Å². The molecule has 1 unspecified atom stereocenters. The Hall–Kier alpha value is -5.56. The largest absolute Gasteiger partial charge is 0.496 e. The third-order valence-corrected chi connectivity index (χ3v) is 7.99. The van der Waals surface area contributed by atoms with Crippen LogP contribution in [0.1, 0.15) is 48.5 Å². The third-order valence-electron chi connectivity index (χ3n) is 7.99. The number of benzene rings is 5. The number of carbonyl (C=O) groups is 2. The van der Waals surface area contributed by atoms with Crippen LogP contribution in [0.2, 0.25) is 0 Å². The van der Waals surface area contributed by atoms with Gasteiger partial charge in [-0.1, -0.05) is 54.1 Å². The molecule has 0 bridgehead atoms. The van der Waals surface area contributed by atoms with Crippen LogP contribution < -0.4 is 20.1 Å². The van der Waals surface area contributed by atoms with Crippen LogP contribution in [-0.4, -0.2) is 19.0 Å². The smallest absolute Gasteiger partial charge is 0.340 e. The molecule has 0 fully saturated rings. The Balaban J connectivity index is 1.40. The van der Waals surface area contributed by atoms with Crippen LogP contribution in [0.5, 0.6) is 17.2 Å². The Morgan fingerprint density at radius 2 is 1.60 bits per heavy atom. The van der Waals surface area contributed by atoms with Gasteiger partial charge in [0.25, 0.3) is 5.91 Å². The van der Waals surface area contributed by atoms with E-state index in [2.05, 4.69) is 23.6 Å². The average molecular weight is 569 g/mol. The van der Waals surface area contributed by atoms with E-state index < -0.39 is 11.6 Å². The number of esters is 1. The minimum absolute atomic E-state index is 0.329. The number of nitrogens with one attached hydrogen (secondary N) is 2. The van der Waals surface area contributed by atoms with Gasteiger partial charge in [-0.2, -0.15) is 0 Å². The zero-order chi connectivity index (χ0) is 29.7. The van der Waals surface area contributed by atoms with Gasteiger partial charge in [0.15, 0.2) is 5.60 Å². The van der Waals surface area contributed by atoms with E-state index >= 15 is 0 Å². The summed E-state index contributed by atoms with van der Waals surface area (Å²) in [7, 11) is 1.53. The Morgan fingerprint density at radius 1 is 0.791 bits per heavy atom. The molecule has 5 aromatic carbocycles. The van der Waals surface area contributed by atoms with E-state index in [1.54, 1.807) is 36.4 Å². The van der Waals surface area contributed by atoms with E-state index in [1.165, 1.54) is 7.11 Å². The van der Waals surface area contributed by atoms with Crippen LogP contribution in [-0.2, 0) is 10.3 Å². The lowest BCUT2D eigenvalue weighted by molar-refractivity contribution is 0.0227. The molecule has 1 amide bonds. The van der Waals surface area contributed by atoms with Gasteiger partial charge in [-0.15, -0.1) is 0 Å². The van der Waals surface area contributed by atoms with Crippen molar-refractivity contribution in [3.8, 4) is 17.2 Å². The fourth-order valence-electron chi connectivity index (χ4n) is 6.04. The van der Waals surface area contributed by atoms with E-state index in [9.17, 15) is 9.59 Å². The molecule has 43 heavy (non-hydrogen) atoms. The molecule has 0 aliphatic carbocycles. The Labute approximate surface area is 249 Å². The maximum atomic E-state index is 13.5. The van der Waals surface area contributed by atoms with Gasteiger partial charge < -0.3 is 24.8 Å². The Kier molecular flexibility index (Phi) is 6.17. The van der Waals surface area contributed by atoms with Gasteiger partial charge >= 0.3 is 5.97 Å². The van der Waals surface area contributed by atoms with Crippen molar-refractivity contribution in [2.45, 2.75) is 19.4 Å². The summed E-state index contributed by atoms with van der Waals surface area (Å²) in [5.74, 6) is 0.796. The van der Waals surface area contributed by atoms with Gasteiger partial charge in [0.05, 0.1) is 29.5 Å². The van der Waals surface area contributed by atoms with E-state index in [0.717, 1.165) is 22.5 Å². The van der Waals surface area contributed by atoms with E-state index in [-0.39, 0.29) is 5.91 Å². The molecule has 1 atom stereocenters. The van der Waals surface area contributed by atoms with Crippen molar-refractivity contribution in [2.24, 2.45) is 0 Å². The van der Waals surface area contributed by atoms with Gasteiger partial charge in [0.1, 0.15) is 17.2 Å². The van der Waals surface area contributed by atoms with E-state index in [1.807, 2.05) is 67.6 Å². The first-order valence-electron chi connectivity index (χ1n) is 14.0. The molecule has 7 rings (SSSR count). The lowest BCUT2D eigenvalue weighted by atomic mass is 9.76. The molecule has 5 aromatic rings. The van der Waals surface area contributed by atoms with Crippen LogP contribution in [0.3, 0.4) is 0 Å². The first kappa shape index (κ1) is 26.3. The number of anilines is 3. The monoisotopic (exact) mass is 568 g/mol. The predicted molar refractivity (Wildman–Crippen MR) is 165 cm³/mol. The van der Waals surface area contributed by atoms with Gasteiger partial charge in [0.2, 0.25) is 0 Å². The number of aryl methyl sites for hydroxylation is 2. The van der Waals surface area contributed by atoms with E-state index in [4.69, 9.17) is 14.2 Å². The molecular formula is C36H28N2O5. The highest BCUT2D eigenvalue weighted by Gasteiger charge is 2.54. The number of amides is 1. The molecule has 7 heteroatoms. The molecule has 212 valence electrons. The highest BCUT2D eigenvalue weighted by molar-refractivity contribution is 6.06. The first-order chi connectivity index (χ1) is 20.9. The fourth-order valence-corrected chi connectivity index (χ4v) is 6.04. The van der Waals surface area contributed by atoms with Gasteiger partial charge in [-0.25, -0.2) is 4.79 Å². The number of ether oxygens (including phenoxy) is 3. The number of fused-ring (bicyclic) bond motifs is 6. The summed E-state index contributed by atoms with van der Waals surface area (Å²) in [6.07, 6.45) is 0. The quantitative estimate of drug-likeness (QED) is 0.210. The summed E-state index contributed by atoms with van der Waals surface area (Å²) in [5, 5.41) is 6.57. The zero-order valence-corrected chi connectivity index (χ0v) is 23.9. The van der Waals surface area contributed by atoms with Crippen molar-refractivity contribution >= 4 is 28.9 Å². The minimum atomic E-state index is -1.33. The number of hydrogen-bond donors (Lipinski definition) is 2. The molecule has 0 radical (unpaired) electrons. The topological polar surface area (TPSA) is 85.9 Å². The molecule has 0 saturated heterocycles. The van der Waals surface area contributed by atoms with Crippen molar-refractivity contribution in [2.75, 3.05) is 17.7 Å². The summed E-state index contributed by atoms with van der Waals surface area (Å²) >= 11 is 0. The lowest BCUT2D eigenvalue weighted by Gasteiger charge is -2.38. The van der Waals surface area contributed by atoms with Crippen molar-refractivity contribution in [1.29, 1.82) is 0 Å². The highest BCUT2D eigenvalue weighted by atomic mass is 16.6. The Morgan fingerprint density at radius 3 is 2.44 bits per heavy atom. The first-order valence-corrected chi connectivity index (χ1v) is 14.0. The molecule has 2 heterocycles. The number of para-hydroxylation sites is 1. The SMILES string of the molecule is COc1ccccc1C(=O)Nc1ccc2c(c1)C1(OC(=O)c3ccccc31)c1c(Nc3ccc(C)cc3C)cccc1O2. The van der Waals surface area contributed by atoms with Crippen molar-refractivity contribution in [3.05, 3.63) is 142 Å². The predicted octanol–water partition coefficient (Wildman–Crippen LogP) is 7.88. The number of hydrogen-bond acceptors (Lipinski definition) is 6. The third kappa shape index (κ3) is 4.20. The summed E-state index contributed by atoms with van der Waals surface area (Å²) in [5.41, 5.74) is 5.95. The molecule has 2 aliphatic heterocycles. The van der Waals surface area contributed by atoms with Crippen LogP contribution >= 0.6 is 0 Å². The summed E-state index contributed by atoms with van der Waals surface area (Å²) in [6.45, 7) is 4.11. The average Bonchev–Trinajstić information content (AvgIpc) is 3.31. The molecule has 2 N–H and O–H groups in total. The molecule has 0 aromatic heterocycles. The highest BCUT2D eigenvalue weighted by Crippen LogP contribution is 2.58. The standard InChI is InChI=1S/C36H28N2O5/c1-21-15-17-28(22(2)19-21)38-29-12-8-14-32-33(29)36(26-11-6-4-9-24(26)35(40)43-36)27-20-23(16-18-31(27)42-32)37-34(39)25-10-5-7-13-30(25)41-3/h4-20,38H,1-3H3,(H,37,39). The summed E-state index contributed by atoms with van der Waals surface area (Å²) in [6, 6.07) is 31.7. The second kappa shape index (κ2) is 10.1. The number of rotatable bonds is 5. The van der Waals surface area contributed by atoms with Crippen LogP contribution in [0.25, 0.3) is 0 Å². The van der Waals surface area contributed by atoms with Crippen molar-refractivity contribution in [3.63, 3.8) is 0 Å². The van der Waals surface area contributed by atoms with E-state index in [0.29, 0.717) is 50.8 Å². The normalized spacial score (nSPS) is 15.9.